The Morgan fingerprint density at radius 1 is 1.48 bits per heavy atom. The van der Waals surface area contributed by atoms with E-state index in [4.69, 9.17) is 28.0 Å². The van der Waals surface area contributed by atoms with Crippen LogP contribution in [0.3, 0.4) is 0 Å². The number of nitrogens with one attached hydrogen (secondary N) is 2. The van der Waals surface area contributed by atoms with Gasteiger partial charge in [-0.05, 0) is 18.2 Å². The zero-order valence-corrected chi connectivity index (χ0v) is 10.9. The smallest absolute Gasteiger partial charge is 0.382 e. The molecule has 0 aromatic heterocycles. The molecule has 0 bridgehead atoms. The summed E-state index contributed by atoms with van der Waals surface area (Å²) in [7, 11) is 0. The lowest BCUT2D eigenvalue weighted by molar-refractivity contribution is -0.0884. The van der Waals surface area contributed by atoms with Crippen molar-refractivity contribution >= 4 is 34.6 Å². The molecule has 0 aliphatic carbocycles. The summed E-state index contributed by atoms with van der Waals surface area (Å²) in [6.07, 6.45) is -5.09. The number of Topliss-reactive ketones (excluding diaryl/α,β-unsaturated/α-hetero) is 1. The molecule has 0 heterocycles. The van der Waals surface area contributed by atoms with Crippen molar-refractivity contribution in [3.8, 4) is 6.07 Å². The molecule has 1 aromatic rings. The molecule has 0 aliphatic rings. The maximum absolute atomic E-state index is 12.5. The SMILES string of the molecule is N#C/C(=N\Nc1ccc(Cl)cc1C(=O)C(F)(F)F)C(=N)N. The third kappa shape index (κ3) is 4.19. The molecule has 0 saturated carbocycles. The average molecular weight is 318 g/mol. The molecule has 0 amide bonds. The van der Waals surface area contributed by atoms with Gasteiger partial charge in [0.1, 0.15) is 6.07 Å². The number of amidine groups is 1. The van der Waals surface area contributed by atoms with E-state index in [0.717, 1.165) is 12.1 Å². The number of carbonyl (C=O) groups is 1. The van der Waals surface area contributed by atoms with Crippen LogP contribution in [0.1, 0.15) is 10.4 Å². The molecule has 10 heteroatoms. The number of hydrazone groups is 1. The summed E-state index contributed by atoms with van der Waals surface area (Å²) in [5.41, 5.74) is 5.48. The van der Waals surface area contributed by atoms with Crippen LogP contribution in [0, 0.1) is 16.7 Å². The zero-order valence-electron chi connectivity index (χ0n) is 10.1. The first kappa shape index (κ1) is 16.5. The molecule has 21 heavy (non-hydrogen) atoms. The highest BCUT2D eigenvalue weighted by Crippen LogP contribution is 2.28. The first-order chi connectivity index (χ1) is 9.66. The van der Waals surface area contributed by atoms with Gasteiger partial charge in [0.15, 0.2) is 5.84 Å². The molecule has 0 fully saturated rings. The number of carbonyl (C=O) groups excluding carboxylic acids is 1. The summed E-state index contributed by atoms with van der Waals surface area (Å²) in [4.78, 5) is 11.3. The molecule has 6 nitrogen and oxygen atoms in total. The third-order valence-corrected chi connectivity index (χ3v) is 2.37. The Labute approximate surface area is 121 Å². The van der Waals surface area contributed by atoms with Gasteiger partial charge < -0.3 is 5.73 Å². The highest BCUT2D eigenvalue weighted by atomic mass is 35.5. The molecule has 4 N–H and O–H groups in total. The van der Waals surface area contributed by atoms with Gasteiger partial charge in [-0.2, -0.15) is 23.5 Å². The molecule has 0 atom stereocenters. The third-order valence-electron chi connectivity index (χ3n) is 2.13. The number of anilines is 1. The molecule has 1 rings (SSSR count). The quantitative estimate of drug-likeness (QED) is 0.342. The second-order valence-electron chi connectivity index (χ2n) is 3.61. The van der Waals surface area contributed by atoms with E-state index in [1.165, 1.54) is 12.1 Å². The van der Waals surface area contributed by atoms with Gasteiger partial charge in [0.05, 0.1) is 11.3 Å². The van der Waals surface area contributed by atoms with Gasteiger partial charge in [-0.15, -0.1) is 0 Å². The summed E-state index contributed by atoms with van der Waals surface area (Å²) in [6.45, 7) is 0. The Balaban J connectivity index is 3.24. The van der Waals surface area contributed by atoms with Crippen LogP contribution in [0.2, 0.25) is 5.02 Å². The van der Waals surface area contributed by atoms with Gasteiger partial charge >= 0.3 is 6.18 Å². The normalized spacial score (nSPS) is 11.7. The summed E-state index contributed by atoms with van der Waals surface area (Å²) in [5.74, 6) is -2.80. The van der Waals surface area contributed by atoms with Crippen molar-refractivity contribution in [1.82, 2.24) is 0 Å². The lowest BCUT2D eigenvalue weighted by Crippen LogP contribution is -2.24. The number of halogens is 4. The van der Waals surface area contributed by atoms with E-state index in [1.807, 2.05) is 0 Å². The van der Waals surface area contributed by atoms with E-state index >= 15 is 0 Å². The van der Waals surface area contributed by atoms with Crippen LogP contribution in [0.4, 0.5) is 18.9 Å². The monoisotopic (exact) mass is 317 g/mol. The predicted octanol–water partition coefficient (Wildman–Crippen LogP) is 2.31. The van der Waals surface area contributed by atoms with Crippen molar-refractivity contribution < 1.29 is 18.0 Å². The molecular formula is C11H7ClF3N5O. The van der Waals surface area contributed by atoms with Crippen LogP contribution in [0.5, 0.6) is 0 Å². The second kappa shape index (κ2) is 6.23. The number of nitrogens with two attached hydrogens (primary N) is 1. The van der Waals surface area contributed by atoms with Crippen molar-refractivity contribution in [3.63, 3.8) is 0 Å². The highest BCUT2D eigenvalue weighted by molar-refractivity contribution is 6.45. The lowest BCUT2D eigenvalue weighted by Gasteiger charge is -2.10. The average Bonchev–Trinajstić information content (AvgIpc) is 2.38. The Kier molecular flexibility index (Phi) is 4.88. The van der Waals surface area contributed by atoms with Crippen molar-refractivity contribution in [2.24, 2.45) is 10.8 Å². The van der Waals surface area contributed by atoms with Gasteiger partial charge in [0.2, 0.25) is 5.71 Å². The molecule has 0 aliphatic heterocycles. The molecule has 1 aromatic carbocycles. The number of benzene rings is 1. The molecule has 0 unspecified atom stereocenters. The van der Waals surface area contributed by atoms with E-state index in [2.05, 4.69) is 10.5 Å². The fourth-order valence-electron chi connectivity index (χ4n) is 1.22. The minimum absolute atomic E-state index is 0.0794. The van der Waals surface area contributed by atoms with Crippen molar-refractivity contribution in [3.05, 3.63) is 28.8 Å². The zero-order chi connectivity index (χ0) is 16.2. The maximum Gasteiger partial charge on any atom is 0.454 e. The van der Waals surface area contributed by atoms with Crippen LogP contribution in [0.15, 0.2) is 23.3 Å². The van der Waals surface area contributed by atoms with Gasteiger partial charge in [-0.25, -0.2) is 0 Å². The summed E-state index contributed by atoms with van der Waals surface area (Å²) in [5, 5.41) is 18.9. The van der Waals surface area contributed by atoms with Crippen molar-refractivity contribution in [2.75, 3.05) is 5.43 Å². The molecule has 0 radical (unpaired) electrons. The number of hydrogen-bond acceptors (Lipinski definition) is 5. The first-order valence-electron chi connectivity index (χ1n) is 5.16. The van der Waals surface area contributed by atoms with Crippen LogP contribution < -0.4 is 11.2 Å². The van der Waals surface area contributed by atoms with Crippen LogP contribution in [0.25, 0.3) is 0 Å². The maximum atomic E-state index is 12.5. The largest absolute Gasteiger partial charge is 0.454 e. The fourth-order valence-corrected chi connectivity index (χ4v) is 1.39. The van der Waals surface area contributed by atoms with E-state index < -0.39 is 29.1 Å². The summed E-state index contributed by atoms with van der Waals surface area (Å²) >= 11 is 5.56. The second-order valence-corrected chi connectivity index (χ2v) is 4.05. The van der Waals surface area contributed by atoms with E-state index in [9.17, 15) is 18.0 Å². The number of nitrogens with zero attached hydrogens (tertiary/aromatic N) is 2. The van der Waals surface area contributed by atoms with Crippen molar-refractivity contribution in [2.45, 2.75) is 6.18 Å². The lowest BCUT2D eigenvalue weighted by atomic mass is 10.1. The van der Waals surface area contributed by atoms with Crippen LogP contribution >= 0.6 is 11.6 Å². The first-order valence-corrected chi connectivity index (χ1v) is 5.54. The van der Waals surface area contributed by atoms with E-state index in [1.54, 1.807) is 0 Å². The van der Waals surface area contributed by atoms with Crippen LogP contribution in [-0.4, -0.2) is 23.5 Å². The Hall–Kier alpha value is -2.60. The van der Waals surface area contributed by atoms with Crippen LogP contribution in [-0.2, 0) is 0 Å². The van der Waals surface area contributed by atoms with E-state index in [-0.39, 0.29) is 10.7 Å². The Bertz CT molecular complexity index is 663. The molecule has 0 saturated heterocycles. The number of hydrogen-bond donors (Lipinski definition) is 3. The minimum Gasteiger partial charge on any atom is -0.382 e. The number of alkyl halides is 3. The molecular weight excluding hydrogens is 311 g/mol. The Morgan fingerprint density at radius 2 is 2.10 bits per heavy atom. The minimum atomic E-state index is -5.09. The number of ketones is 1. The standard InChI is InChI=1S/C11H7ClF3N5O/c12-5-1-2-7(19-20-8(4-16)10(17)18)6(3-5)9(21)11(13,14)15/h1-3,19H,(H3,17,18)/b20-8+. The summed E-state index contributed by atoms with van der Waals surface area (Å²) < 4.78 is 37.4. The van der Waals surface area contributed by atoms with Gasteiger partial charge in [0.25, 0.3) is 5.78 Å². The molecule has 110 valence electrons. The van der Waals surface area contributed by atoms with E-state index in [0.29, 0.717) is 0 Å². The highest BCUT2D eigenvalue weighted by Gasteiger charge is 2.40. The molecule has 0 spiro atoms. The Morgan fingerprint density at radius 3 is 2.57 bits per heavy atom. The number of nitriles is 1. The fraction of sp³-hybridized carbons (Fsp3) is 0.0909. The van der Waals surface area contributed by atoms with Crippen molar-refractivity contribution in [1.29, 1.82) is 10.7 Å². The topological polar surface area (TPSA) is 115 Å². The predicted molar refractivity (Wildman–Crippen MR) is 70.4 cm³/mol. The summed E-state index contributed by atoms with van der Waals surface area (Å²) in [6, 6.07) is 4.59. The van der Waals surface area contributed by atoms with Gasteiger partial charge in [-0.3, -0.25) is 15.6 Å². The number of rotatable bonds is 4. The van der Waals surface area contributed by atoms with Gasteiger partial charge in [0, 0.05) is 5.02 Å². The van der Waals surface area contributed by atoms with Gasteiger partial charge in [-0.1, -0.05) is 11.6 Å².